The Hall–Kier alpha value is -1.20. The number of carboxylic acid groups (broad SMARTS) is 1. The summed E-state index contributed by atoms with van der Waals surface area (Å²) in [5.41, 5.74) is -1.78. The molecular weight excluding hydrogens is 440 g/mol. The first kappa shape index (κ1) is 25.4. The van der Waals surface area contributed by atoms with Gasteiger partial charge in [0.2, 0.25) is 0 Å². The Labute approximate surface area is 210 Å². The molecule has 5 aliphatic rings. The van der Waals surface area contributed by atoms with Crippen molar-refractivity contribution in [1.29, 1.82) is 0 Å². The number of carbonyl (C=O) groups excluding carboxylic acids is 1. The Morgan fingerprint density at radius 2 is 1.63 bits per heavy atom. The summed E-state index contributed by atoms with van der Waals surface area (Å²) < 4.78 is 0. The lowest BCUT2D eigenvalue weighted by Crippen LogP contribution is -2.68. The van der Waals surface area contributed by atoms with Crippen LogP contribution in [0.25, 0.3) is 0 Å². The summed E-state index contributed by atoms with van der Waals surface area (Å²) in [4.78, 5) is 25.9. The van der Waals surface area contributed by atoms with E-state index in [2.05, 4.69) is 47.6 Å². The Morgan fingerprint density at radius 3 is 2.26 bits per heavy atom. The molecule has 0 amide bonds. The average Bonchev–Trinajstić information content (AvgIpc) is 2.75. The van der Waals surface area contributed by atoms with Gasteiger partial charge in [0.25, 0.3) is 0 Å². The number of carbonyl (C=O) groups is 2. The van der Waals surface area contributed by atoms with Crippen molar-refractivity contribution in [3.63, 3.8) is 0 Å². The second-order valence-electron chi connectivity index (χ2n) is 14.7. The summed E-state index contributed by atoms with van der Waals surface area (Å²) in [5.74, 6) is -0.588. The van der Waals surface area contributed by atoms with Crippen LogP contribution >= 0.6 is 0 Å². The molecule has 196 valence electrons. The first-order valence-corrected chi connectivity index (χ1v) is 13.9. The van der Waals surface area contributed by atoms with E-state index in [4.69, 9.17) is 0 Å². The number of fused-ring (bicyclic) bond motifs is 7. The highest BCUT2D eigenvalue weighted by Gasteiger charge is 2.71. The van der Waals surface area contributed by atoms with Gasteiger partial charge in [-0.1, -0.05) is 53.2 Å². The molecule has 4 fully saturated rings. The monoisotopic (exact) mass is 486 g/mol. The highest BCUT2D eigenvalue weighted by molar-refractivity contribution is 5.85. The van der Waals surface area contributed by atoms with E-state index in [9.17, 15) is 24.9 Å². The molecule has 0 aromatic carbocycles. The van der Waals surface area contributed by atoms with Gasteiger partial charge in [-0.25, -0.2) is 0 Å². The number of Topliss-reactive ketones (excluding diaryl/α,β-unsaturated/α-hetero) is 1. The summed E-state index contributed by atoms with van der Waals surface area (Å²) in [5, 5.41) is 33.2. The van der Waals surface area contributed by atoms with E-state index in [0.717, 1.165) is 32.1 Å². The molecule has 10 atom stereocenters. The number of aliphatic hydroxyl groups is 2. The van der Waals surface area contributed by atoms with Gasteiger partial charge >= 0.3 is 5.97 Å². The molecule has 5 rings (SSSR count). The van der Waals surface area contributed by atoms with E-state index in [1.807, 2.05) is 6.92 Å². The van der Waals surface area contributed by atoms with Crippen LogP contribution in [-0.2, 0) is 9.59 Å². The molecule has 5 aliphatic carbocycles. The summed E-state index contributed by atoms with van der Waals surface area (Å²) in [6, 6.07) is 0. The van der Waals surface area contributed by atoms with Crippen molar-refractivity contribution in [3.05, 3.63) is 11.6 Å². The Kier molecular flexibility index (Phi) is 5.25. The average molecular weight is 487 g/mol. The third-order valence-corrected chi connectivity index (χ3v) is 13.2. The molecule has 0 aromatic heterocycles. The Bertz CT molecular complexity index is 995. The predicted octanol–water partition coefficient (Wildman–Crippen LogP) is 5.38. The maximum Gasteiger partial charge on any atom is 0.310 e. The van der Waals surface area contributed by atoms with Crippen molar-refractivity contribution in [2.24, 2.45) is 50.7 Å². The summed E-state index contributed by atoms with van der Waals surface area (Å²) in [6.07, 6.45) is 7.35. The first-order chi connectivity index (χ1) is 16.0. The van der Waals surface area contributed by atoms with Gasteiger partial charge in [-0.15, -0.1) is 0 Å². The van der Waals surface area contributed by atoms with Crippen molar-refractivity contribution in [3.8, 4) is 0 Å². The zero-order chi connectivity index (χ0) is 26.0. The largest absolute Gasteiger partial charge is 0.481 e. The minimum atomic E-state index is -1.07. The minimum absolute atomic E-state index is 0.0319. The van der Waals surface area contributed by atoms with Gasteiger partial charge in [0.15, 0.2) is 5.78 Å². The number of rotatable bonds is 1. The van der Waals surface area contributed by atoms with E-state index >= 15 is 0 Å². The molecular formula is C30H46O5. The van der Waals surface area contributed by atoms with Crippen LogP contribution < -0.4 is 0 Å². The van der Waals surface area contributed by atoms with Crippen molar-refractivity contribution >= 4 is 11.8 Å². The summed E-state index contributed by atoms with van der Waals surface area (Å²) in [7, 11) is 0. The third kappa shape index (κ3) is 2.83. The van der Waals surface area contributed by atoms with E-state index in [0.29, 0.717) is 19.3 Å². The number of ketones is 1. The highest BCUT2D eigenvalue weighted by Crippen LogP contribution is 2.75. The molecule has 4 saturated carbocycles. The van der Waals surface area contributed by atoms with Gasteiger partial charge in [0, 0.05) is 17.8 Å². The maximum absolute atomic E-state index is 13.1. The molecule has 35 heavy (non-hydrogen) atoms. The summed E-state index contributed by atoms with van der Waals surface area (Å²) >= 11 is 0. The summed E-state index contributed by atoms with van der Waals surface area (Å²) in [6.45, 7) is 15.1. The zero-order valence-electron chi connectivity index (χ0n) is 22.8. The van der Waals surface area contributed by atoms with Crippen LogP contribution in [-0.4, -0.2) is 38.8 Å². The second-order valence-corrected chi connectivity index (χ2v) is 14.7. The third-order valence-electron chi connectivity index (χ3n) is 13.2. The van der Waals surface area contributed by atoms with Crippen LogP contribution in [0.5, 0.6) is 0 Å². The smallest absolute Gasteiger partial charge is 0.310 e. The molecule has 5 heteroatoms. The van der Waals surface area contributed by atoms with Crippen LogP contribution in [0, 0.1) is 50.7 Å². The normalized spacial score (nSPS) is 55.1. The standard InChI is InChI=1S/C30H46O5/c1-17-10-13-30(24(33)34)15-14-27(5)18(22(30)29(17,7)35)8-9-21-26(4)16-19(31)23(32)25(2,3)20(26)11-12-28(21,27)6/h8,17,20-23,32,35H,9-16H2,1-7H3,(H,33,34)/t17-,20+,21-,22-,23-,26+,27-,28-,29-,30+/m1/s1. The van der Waals surface area contributed by atoms with Crippen LogP contribution in [0.4, 0.5) is 0 Å². The van der Waals surface area contributed by atoms with Crippen molar-refractivity contribution < 1.29 is 24.9 Å². The van der Waals surface area contributed by atoms with Crippen LogP contribution in [0.2, 0.25) is 0 Å². The molecule has 3 N–H and O–H groups in total. The highest BCUT2D eigenvalue weighted by atomic mass is 16.4. The molecule has 5 nitrogen and oxygen atoms in total. The number of aliphatic carboxylic acids is 1. The fourth-order valence-corrected chi connectivity index (χ4v) is 10.8. The Morgan fingerprint density at radius 1 is 0.971 bits per heavy atom. The molecule has 0 saturated heterocycles. The zero-order valence-corrected chi connectivity index (χ0v) is 22.8. The molecule has 0 spiro atoms. The van der Waals surface area contributed by atoms with Gasteiger partial charge in [0.05, 0.1) is 11.0 Å². The molecule has 0 unspecified atom stereocenters. The topological polar surface area (TPSA) is 94.8 Å². The van der Waals surface area contributed by atoms with Gasteiger partial charge in [-0.2, -0.15) is 0 Å². The SMILES string of the molecule is C[C@@H]1CC[C@]2(C(=O)O)CC[C@]3(C)C(=CC[C@@H]4[C@@]5(C)CC(=O)[C@@H](O)C(C)(C)[C@@H]5CC[C@]43C)[C@@H]2[C@]1(C)O. The quantitative estimate of drug-likeness (QED) is 0.432. The maximum atomic E-state index is 13.1. The fourth-order valence-electron chi connectivity index (χ4n) is 10.8. The fraction of sp³-hybridized carbons (Fsp3) is 0.867. The lowest BCUT2D eigenvalue weighted by molar-refractivity contribution is -0.215. The van der Waals surface area contributed by atoms with Crippen molar-refractivity contribution in [2.75, 3.05) is 0 Å². The second kappa shape index (κ2) is 7.22. The molecule has 0 aliphatic heterocycles. The predicted molar refractivity (Wildman–Crippen MR) is 134 cm³/mol. The molecule has 0 bridgehead atoms. The lowest BCUT2D eigenvalue weighted by atomic mass is 9.33. The van der Waals surface area contributed by atoms with Gasteiger partial charge in [-0.3, -0.25) is 9.59 Å². The Balaban J connectivity index is 1.65. The molecule has 0 aromatic rings. The van der Waals surface area contributed by atoms with E-state index in [-0.39, 0.29) is 45.7 Å². The minimum Gasteiger partial charge on any atom is -0.481 e. The van der Waals surface area contributed by atoms with Crippen molar-refractivity contribution in [1.82, 2.24) is 0 Å². The van der Waals surface area contributed by atoms with Crippen LogP contribution in [0.15, 0.2) is 11.6 Å². The molecule has 0 heterocycles. The first-order valence-electron chi connectivity index (χ1n) is 13.9. The van der Waals surface area contributed by atoms with Gasteiger partial charge in [-0.05, 0) is 85.9 Å². The van der Waals surface area contributed by atoms with Crippen LogP contribution in [0.3, 0.4) is 0 Å². The number of hydrogen-bond donors (Lipinski definition) is 3. The molecule has 0 radical (unpaired) electrons. The number of allylic oxidation sites excluding steroid dienone is 1. The van der Waals surface area contributed by atoms with E-state index < -0.39 is 28.5 Å². The van der Waals surface area contributed by atoms with Gasteiger partial charge in [0.1, 0.15) is 6.10 Å². The number of aliphatic hydroxyl groups excluding tert-OH is 1. The van der Waals surface area contributed by atoms with Crippen molar-refractivity contribution in [2.45, 2.75) is 112 Å². The van der Waals surface area contributed by atoms with E-state index in [1.54, 1.807) is 0 Å². The number of carboxylic acids is 1. The van der Waals surface area contributed by atoms with Crippen LogP contribution in [0.1, 0.15) is 99.8 Å². The van der Waals surface area contributed by atoms with Gasteiger partial charge < -0.3 is 15.3 Å². The number of hydrogen-bond acceptors (Lipinski definition) is 4. The lowest BCUT2D eigenvalue weighted by Gasteiger charge is -2.71. The van der Waals surface area contributed by atoms with E-state index in [1.165, 1.54) is 5.57 Å².